The topological polar surface area (TPSA) is 185 Å². The second kappa shape index (κ2) is 10.8. The number of carboxylic acid groups (broad SMARTS) is 1. The van der Waals surface area contributed by atoms with E-state index in [1.165, 1.54) is 18.7 Å². The van der Waals surface area contributed by atoms with Gasteiger partial charge in [-0.1, -0.05) is 0 Å². The standard InChI is InChI=1S/C13H24N4O6S/c1-6(18)10(17-11(20)7(14)5-9(15)19)12(21)16-8(13(22)23)3-4-24-2/h6-8,10,18H,3-5,14H2,1-2H3,(H2,15,19)(H,16,21)(H,17,20)(H,22,23). The molecule has 0 rings (SSSR count). The van der Waals surface area contributed by atoms with Gasteiger partial charge in [0.15, 0.2) is 0 Å². The number of hydrogen-bond donors (Lipinski definition) is 6. The van der Waals surface area contributed by atoms with Crippen molar-refractivity contribution in [2.45, 2.75) is 44.0 Å². The summed E-state index contributed by atoms with van der Waals surface area (Å²) in [6.45, 7) is 1.25. The first-order chi connectivity index (χ1) is 11.1. The molecule has 0 aliphatic rings. The van der Waals surface area contributed by atoms with E-state index in [1.807, 2.05) is 0 Å². The Morgan fingerprint density at radius 3 is 2.17 bits per heavy atom. The number of carbonyl (C=O) groups is 4. The highest BCUT2D eigenvalue weighted by Gasteiger charge is 2.31. The fraction of sp³-hybridized carbons (Fsp3) is 0.692. The third-order valence-electron chi connectivity index (χ3n) is 3.05. The van der Waals surface area contributed by atoms with E-state index < -0.39 is 54.3 Å². The molecule has 8 N–H and O–H groups in total. The van der Waals surface area contributed by atoms with E-state index in [4.69, 9.17) is 16.6 Å². The van der Waals surface area contributed by atoms with Crippen molar-refractivity contribution in [2.75, 3.05) is 12.0 Å². The van der Waals surface area contributed by atoms with Gasteiger partial charge in [-0.15, -0.1) is 0 Å². The summed E-state index contributed by atoms with van der Waals surface area (Å²) in [6.07, 6.45) is 0.249. The van der Waals surface area contributed by atoms with Crippen molar-refractivity contribution in [3.8, 4) is 0 Å². The van der Waals surface area contributed by atoms with E-state index in [0.717, 1.165) is 0 Å². The van der Waals surface area contributed by atoms with E-state index in [-0.39, 0.29) is 6.42 Å². The molecule has 0 spiro atoms. The number of nitrogens with two attached hydrogens (primary N) is 2. The Hall–Kier alpha value is -1.85. The minimum absolute atomic E-state index is 0.184. The Labute approximate surface area is 143 Å². The zero-order valence-corrected chi connectivity index (χ0v) is 14.3. The zero-order chi connectivity index (χ0) is 18.9. The molecule has 0 heterocycles. The molecule has 4 atom stereocenters. The summed E-state index contributed by atoms with van der Waals surface area (Å²) in [7, 11) is 0. The molecule has 3 amide bonds. The number of hydrogen-bond acceptors (Lipinski definition) is 7. The largest absolute Gasteiger partial charge is 0.480 e. The highest BCUT2D eigenvalue weighted by molar-refractivity contribution is 7.98. The number of carboxylic acids is 1. The first-order valence-corrected chi connectivity index (χ1v) is 8.54. The summed E-state index contributed by atoms with van der Waals surface area (Å²) in [6, 6.07) is -3.83. The van der Waals surface area contributed by atoms with Gasteiger partial charge >= 0.3 is 5.97 Å². The molecule has 0 aliphatic heterocycles. The molecule has 0 radical (unpaired) electrons. The quantitative estimate of drug-likeness (QED) is 0.230. The van der Waals surface area contributed by atoms with Crippen LogP contribution in [-0.2, 0) is 19.2 Å². The van der Waals surface area contributed by atoms with Crippen LogP contribution in [0.3, 0.4) is 0 Å². The van der Waals surface area contributed by atoms with Gasteiger partial charge in [0.05, 0.1) is 18.6 Å². The van der Waals surface area contributed by atoms with Gasteiger partial charge in [0.25, 0.3) is 0 Å². The van der Waals surface area contributed by atoms with Crippen molar-refractivity contribution in [1.82, 2.24) is 10.6 Å². The minimum Gasteiger partial charge on any atom is -0.480 e. The smallest absolute Gasteiger partial charge is 0.326 e. The van der Waals surface area contributed by atoms with Crippen LogP contribution in [-0.4, -0.2) is 70.1 Å². The number of thioether (sulfide) groups is 1. The molecule has 10 nitrogen and oxygen atoms in total. The fourth-order valence-corrected chi connectivity index (χ4v) is 2.20. The molecule has 0 aliphatic carbocycles. The third-order valence-corrected chi connectivity index (χ3v) is 3.69. The maximum atomic E-state index is 12.2. The first kappa shape index (κ1) is 22.1. The zero-order valence-electron chi connectivity index (χ0n) is 13.5. The summed E-state index contributed by atoms with van der Waals surface area (Å²) in [5.74, 6) is -3.23. The lowest BCUT2D eigenvalue weighted by Crippen LogP contribution is -2.58. The minimum atomic E-state index is -1.41. The van der Waals surface area contributed by atoms with Crippen LogP contribution in [0.2, 0.25) is 0 Å². The molecule has 0 saturated heterocycles. The van der Waals surface area contributed by atoms with Gasteiger partial charge in [-0.05, 0) is 25.4 Å². The van der Waals surface area contributed by atoms with Gasteiger partial charge in [0.1, 0.15) is 12.1 Å². The summed E-state index contributed by atoms with van der Waals surface area (Å²) in [5, 5.41) is 23.2. The van der Waals surface area contributed by atoms with Crippen LogP contribution in [0.1, 0.15) is 19.8 Å². The third kappa shape index (κ3) is 8.13. The highest BCUT2D eigenvalue weighted by Crippen LogP contribution is 2.03. The van der Waals surface area contributed by atoms with Crippen molar-refractivity contribution in [3.63, 3.8) is 0 Å². The van der Waals surface area contributed by atoms with Crippen molar-refractivity contribution in [3.05, 3.63) is 0 Å². The molecule has 24 heavy (non-hydrogen) atoms. The fourth-order valence-electron chi connectivity index (χ4n) is 1.73. The van der Waals surface area contributed by atoms with Crippen molar-refractivity contribution in [1.29, 1.82) is 0 Å². The van der Waals surface area contributed by atoms with Gasteiger partial charge in [0, 0.05) is 0 Å². The van der Waals surface area contributed by atoms with Crippen LogP contribution in [0.4, 0.5) is 0 Å². The number of carbonyl (C=O) groups excluding carboxylic acids is 3. The first-order valence-electron chi connectivity index (χ1n) is 7.14. The van der Waals surface area contributed by atoms with Gasteiger partial charge < -0.3 is 32.3 Å². The lowest BCUT2D eigenvalue weighted by atomic mass is 10.1. The Bertz CT molecular complexity index is 473. The Morgan fingerprint density at radius 1 is 1.17 bits per heavy atom. The number of aliphatic hydroxyl groups is 1. The van der Waals surface area contributed by atoms with Gasteiger partial charge in [-0.25, -0.2) is 4.79 Å². The maximum absolute atomic E-state index is 12.2. The molecule has 4 unspecified atom stereocenters. The van der Waals surface area contributed by atoms with Crippen LogP contribution in [0.25, 0.3) is 0 Å². The lowest BCUT2D eigenvalue weighted by Gasteiger charge is -2.24. The van der Waals surface area contributed by atoms with E-state index in [9.17, 15) is 24.3 Å². The van der Waals surface area contributed by atoms with Crippen LogP contribution in [0.5, 0.6) is 0 Å². The van der Waals surface area contributed by atoms with Gasteiger partial charge in [0.2, 0.25) is 17.7 Å². The molecule has 0 bridgehead atoms. The Balaban J connectivity index is 4.90. The second-order valence-corrected chi connectivity index (χ2v) is 6.17. The molecule has 0 aromatic heterocycles. The summed E-state index contributed by atoms with van der Waals surface area (Å²) in [5.41, 5.74) is 10.4. The predicted molar refractivity (Wildman–Crippen MR) is 88.0 cm³/mol. The molecule has 0 aromatic rings. The molecule has 0 saturated carbocycles. The molecule has 0 aromatic carbocycles. The number of primary amides is 1. The molecular formula is C13H24N4O6S. The Kier molecular flexibility index (Phi) is 10.0. The van der Waals surface area contributed by atoms with Crippen LogP contribution >= 0.6 is 11.8 Å². The predicted octanol–water partition coefficient (Wildman–Crippen LogP) is -2.62. The average molecular weight is 364 g/mol. The number of aliphatic hydroxyl groups excluding tert-OH is 1. The summed E-state index contributed by atoms with van der Waals surface area (Å²) < 4.78 is 0. The van der Waals surface area contributed by atoms with E-state index in [1.54, 1.807) is 6.26 Å². The SMILES string of the molecule is CSCCC(NC(=O)C(NC(=O)C(N)CC(N)=O)C(C)O)C(=O)O. The molecule has 11 heteroatoms. The number of aliphatic carboxylic acids is 1. The van der Waals surface area contributed by atoms with Crippen molar-refractivity contribution < 1.29 is 29.4 Å². The highest BCUT2D eigenvalue weighted by atomic mass is 32.2. The van der Waals surface area contributed by atoms with Crippen LogP contribution < -0.4 is 22.1 Å². The monoisotopic (exact) mass is 364 g/mol. The van der Waals surface area contributed by atoms with E-state index >= 15 is 0 Å². The summed E-state index contributed by atoms with van der Waals surface area (Å²) >= 11 is 1.42. The number of amides is 3. The van der Waals surface area contributed by atoms with Gasteiger partial charge in [-0.3, -0.25) is 14.4 Å². The number of rotatable bonds is 11. The van der Waals surface area contributed by atoms with E-state index in [0.29, 0.717) is 5.75 Å². The Morgan fingerprint density at radius 2 is 1.75 bits per heavy atom. The second-order valence-electron chi connectivity index (χ2n) is 5.18. The van der Waals surface area contributed by atoms with Crippen LogP contribution in [0.15, 0.2) is 0 Å². The summed E-state index contributed by atoms with van der Waals surface area (Å²) in [4.78, 5) is 45.9. The normalized spacial score (nSPS) is 15.7. The number of nitrogens with one attached hydrogen (secondary N) is 2. The molecule has 138 valence electrons. The molecular weight excluding hydrogens is 340 g/mol. The van der Waals surface area contributed by atoms with Crippen LogP contribution in [0, 0.1) is 0 Å². The lowest BCUT2D eigenvalue weighted by molar-refractivity contribution is -0.143. The van der Waals surface area contributed by atoms with Crippen molar-refractivity contribution >= 4 is 35.5 Å². The van der Waals surface area contributed by atoms with Gasteiger partial charge in [-0.2, -0.15) is 11.8 Å². The maximum Gasteiger partial charge on any atom is 0.326 e. The van der Waals surface area contributed by atoms with Crippen molar-refractivity contribution in [2.24, 2.45) is 11.5 Å². The van der Waals surface area contributed by atoms with E-state index in [2.05, 4.69) is 10.6 Å². The average Bonchev–Trinajstić information content (AvgIpc) is 2.46. The molecule has 0 fully saturated rings.